The van der Waals surface area contributed by atoms with Gasteiger partial charge in [0.25, 0.3) is 0 Å². The van der Waals surface area contributed by atoms with Crippen LogP contribution in [-0.4, -0.2) is 0 Å². The van der Waals surface area contributed by atoms with Crippen molar-refractivity contribution in [2.45, 2.75) is 33.1 Å². The molecule has 1 unspecified atom stereocenters. The quantitative estimate of drug-likeness (QED) is 0.850. The first-order valence-corrected chi connectivity index (χ1v) is 7.91. The fourth-order valence-corrected chi connectivity index (χ4v) is 3.74. The lowest BCUT2D eigenvalue weighted by Crippen LogP contribution is -2.23. The van der Waals surface area contributed by atoms with Crippen molar-refractivity contribution in [2.24, 2.45) is 11.7 Å². The summed E-state index contributed by atoms with van der Waals surface area (Å²) in [4.78, 5) is 0. The molecule has 114 valence electrons. The van der Waals surface area contributed by atoms with Crippen LogP contribution in [0.4, 0.5) is 0 Å². The topological polar surface area (TPSA) is 73.6 Å². The predicted molar refractivity (Wildman–Crippen MR) is 90.7 cm³/mol. The molecule has 0 heterocycles. The first-order valence-electron chi connectivity index (χ1n) is 7.91. The third-order valence-electron chi connectivity index (χ3n) is 4.78. The Bertz CT molecular complexity index is 854. The summed E-state index contributed by atoms with van der Waals surface area (Å²) in [6.45, 7) is 4.13. The summed E-state index contributed by atoms with van der Waals surface area (Å²) >= 11 is 0. The molecule has 3 nitrogen and oxygen atoms in total. The average Bonchev–Trinajstić information content (AvgIpc) is 2.54. The number of benzene rings is 1. The van der Waals surface area contributed by atoms with Crippen LogP contribution in [0.1, 0.15) is 36.0 Å². The maximum atomic E-state index is 9.69. The number of hydrogen-bond donors (Lipinski definition) is 1. The minimum Gasteiger partial charge on any atom is -0.397 e. The molecule has 0 aromatic heterocycles. The maximum Gasteiger partial charge on any atom is 0.102 e. The van der Waals surface area contributed by atoms with Crippen molar-refractivity contribution in [3.63, 3.8) is 0 Å². The highest BCUT2D eigenvalue weighted by Crippen LogP contribution is 2.46. The Labute approximate surface area is 137 Å². The van der Waals surface area contributed by atoms with Crippen LogP contribution < -0.4 is 5.73 Å². The highest BCUT2D eigenvalue weighted by Gasteiger charge is 2.34. The first kappa shape index (κ1) is 15.1. The van der Waals surface area contributed by atoms with E-state index >= 15 is 0 Å². The van der Waals surface area contributed by atoms with Crippen LogP contribution in [0.2, 0.25) is 0 Å². The lowest BCUT2D eigenvalue weighted by Gasteiger charge is -2.33. The smallest absolute Gasteiger partial charge is 0.102 e. The maximum absolute atomic E-state index is 9.69. The lowest BCUT2D eigenvalue weighted by molar-refractivity contribution is 0.611. The minimum atomic E-state index is 0.0988. The van der Waals surface area contributed by atoms with Crippen LogP contribution in [0.15, 0.2) is 46.7 Å². The summed E-state index contributed by atoms with van der Waals surface area (Å²) in [6.07, 6.45) is 5.11. The van der Waals surface area contributed by atoms with Gasteiger partial charge in [-0.1, -0.05) is 29.8 Å². The minimum absolute atomic E-state index is 0.0988. The van der Waals surface area contributed by atoms with Crippen molar-refractivity contribution in [3.05, 3.63) is 63.4 Å². The zero-order valence-electron chi connectivity index (χ0n) is 13.5. The number of rotatable bonds is 1. The first-order chi connectivity index (χ1) is 11.1. The summed E-state index contributed by atoms with van der Waals surface area (Å²) in [5.74, 6) is 0.0988. The molecule has 0 aliphatic heterocycles. The van der Waals surface area contributed by atoms with E-state index in [1.165, 1.54) is 5.56 Å². The van der Waals surface area contributed by atoms with Gasteiger partial charge in [-0.2, -0.15) is 10.5 Å². The lowest BCUT2D eigenvalue weighted by atomic mass is 9.70. The van der Waals surface area contributed by atoms with Crippen molar-refractivity contribution in [1.29, 1.82) is 10.5 Å². The SMILES string of the molecule is Cc1ccc(C2=C(C#N)C(N)=C(C#N)C3=CCCCC32)c(C)c1. The molecule has 0 bridgehead atoms. The van der Waals surface area contributed by atoms with E-state index in [0.29, 0.717) is 16.8 Å². The number of allylic oxidation sites excluding steroid dienone is 5. The van der Waals surface area contributed by atoms with Gasteiger partial charge >= 0.3 is 0 Å². The molecule has 1 aromatic carbocycles. The fraction of sp³-hybridized carbons (Fsp3) is 0.300. The molecule has 0 saturated heterocycles. The Morgan fingerprint density at radius 2 is 1.87 bits per heavy atom. The zero-order valence-corrected chi connectivity index (χ0v) is 13.5. The molecule has 2 aliphatic rings. The standard InChI is InChI=1S/C20H19N3/c1-12-7-8-14(13(2)9-12)19-16-6-4-3-5-15(16)17(10-21)20(23)18(19)11-22/h5,7-9,16H,3-4,6,23H2,1-2H3. The van der Waals surface area contributed by atoms with Gasteiger partial charge in [0.05, 0.1) is 16.8 Å². The number of fused-ring (bicyclic) bond motifs is 1. The van der Waals surface area contributed by atoms with Gasteiger partial charge in [-0.25, -0.2) is 0 Å². The zero-order chi connectivity index (χ0) is 16.6. The summed E-state index contributed by atoms with van der Waals surface area (Å²) < 4.78 is 0. The largest absolute Gasteiger partial charge is 0.397 e. The molecule has 3 heteroatoms. The molecular formula is C20H19N3. The van der Waals surface area contributed by atoms with Crippen molar-refractivity contribution in [1.82, 2.24) is 0 Å². The van der Waals surface area contributed by atoms with Crippen molar-refractivity contribution >= 4 is 5.57 Å². The predicted octanol–water partition coefficient (Wildman–Crippen LogP) is 4.06. The molecule has 2 aliphatic carbocycles. The highest BCUT2D eigenvalue weighted by molar-refractivity contribution is 5.85. The van der Waals surface area contributed by atoms with Gasteiger partial charge in [0.15, 0.2) is 0 Å². The number of nitrogens with zero attached hydrogens (tertiary/aromatic N) is 2. The van der Waals surface area contributed by atoms with E-state index < -0.39 is 0 Å². The molecule has 0 amide bonds. The van der Waals surface area contributed by atoms with Gasteiger partial charge in [0, 0.05) is 5.92 Å². The molecule has 1 aromatic rings. The second-order valence-corrected chi connectivity index (χ2v) is 6.26. The molecule has 0 radical (unpaired) electrons. The molecule has 1 atom stereocenters. The van der Waals surface area contributed by atoms with Crippen LogP contribution in [0, 0.1) is 42.4 Å². The van der Waals surface area contributed by atoms with Gasteiger partial charge < -0.3 is 5.73 Å². The van der Waals surface area contributed by atoms with Crippen LogP contribution >= 0.6 is 0 Å². The number of nitriles is 2. The molecule has 23 heavy (non-hydrogen) atoms. The molecular weight excluding hydrogens is 282 g/mol. The van der Waals surface area contributed by atoms with Gasteiger partial charge in [-0.3, -0.25) is 0 Å². The Morgan fingerprint density at radius 3 is 2.52 bits per heavy atom. The summed E-state index contributed by atoms with van der Waals surface area (Å²) in [5, 5.41) is 19.2. The van der Waals surface area contributed by atoms with E-state index in [0.717, 1.165) is 41.5 Å². The molecule has 3 rings (SSSR count). The Hall–Kier alpha value is -2.78. The van der Waals surface area contributed by atoms with E-state index in [1.54, 1.807) is 0 Å². The number of aryl methyl sites for hydroxylation is 2. The fourth-order valence-electron chi connectivity index (χ4n) is 3.74. The van der Waals surface area contributed by atoms with E-state index in [2.05, 4.69) is 50.3 Å². The average molecular weight is 301 g/mol. The van der Waals surface area contributed by atoms with E-state index in [9.17, 15) is 10.5 Å². The normalized spacial score (nSPS) is 20.5. The van der Waals surface area contributed by atoms with Crippen molar-refractivity contribution in [2.75, 3.05) is 0 Å². The molecule has 0 fully saturated rings. The second-order valence-electron chi connectivity index (χ2n) is 6.26. The van der Waals surface area contributed by atoms with Crippen LogP contribution in [0.3, 0.4) is 0 Å². The number of nitrogens with two attached hydrogens (primary N) is 1. The summed E-state index contributed by atoms with van der Waals surface area (Å²) in [5.41, 5.74) is 12.9. The van der Waals surface area contributed by atoms with Crippen molar-refractivity contribution < 1.29 is 0 Å². The van der Waals surface area contributed by atoms with Gasteiger partial charge in [-0.15, -0.1) is 0 Å². The third kappa shape index (κ3) is 2.35. The number of hydrogen-bond acceptors (Lipinski definition) is 3. The van der Waals surface area contributed by atoms with E-state index in [-0.39, 0.29) is 5.92 Å². The Kier molecular flexibility index (Phi) is 3.80. The van der Waals surface area contributed by atoms with Gasteiger partial charge in [0.1, 0.15) is 12.1 Å². The van der Waals surface area contributed by atoms with Gasteiger partial charge in [-0.05, 0) is 55.4 Å². The van der Waals surface area contributed by atoms with Gasteiger partial charge in [0.2, 0.25) is 0 Å². The second kappa shape index (κ2) is 5.78. The molecule has 2 N–H and O–H groups in total. The van der Waals surface area contributed by atoms with Crippen LogP contribution in [0.5, 0.6) is 0 Å². The molecule has 0 saturated carbocycles. The Morgan fingerprint density at radius 1 is 1.13 bits per heavy atom. The van der Waals surface area contributed by atoms with Crippen LogP contribution in [0.25, 0.3) is 5.57 Å². The van der Waals surface area contributed by atoms with Crippen molar-refractivity contribution in [3.8, 4) is 12.1 Å². The molecule has 0 spiro atoms. The highest BCUT2D eigenvalue weighted by atomic mass is 14.6. The Balaban J connectivity index is 2.33. The van der Waals surface area contributed by atoms with E-state index in [1.807, 2.05) is 0 Å². The summed E-state index contributed by atoms with van der Waals surface area (Å²) in [6, 6.07) is 10.7. The van der Waals surface area contributed by atoms with E-state index in [4.69, 9.17) is 5.73 Å². The van der Waals surface area contributed by atoms with Crippen LogP contribution in [-0.2, 0) is 0 Å². The monoisotopic (exact) mass is 301 g/mol. The summed E-state index contributed by atoms with van der Waals surface area (Å²) in [7, 11) is 0. The third-order valence-corrected chi connectivity index (χ3v) is 4.78.